The molecule has 0 amide bonds. The van der Waals surface area contributed by atoms with Gasteiger partial charge in [-0.25, -0.2) is 4.39 Å². The lowest BCUT2D eigenvalue weighted by Gasteiger charge is -2.10. The Kier molecular flexibility index (Phi) is 3.77. The molecule has 76 valence electrons. The molecule has 0 fully saturated rings. The Balaban J connectivity index is 2.74. The van der Waals surface area contributed by atoms with Crippen LogP contribution in [0.25, 0.3) is 0 Å². The van der Waals surface area contributed by atoms with Crippen LogP contribution < -0.4 is 5.32 Å². The fraction of sp³-hybridized carbons (Fsp3) is 0.364. The highest BCUT2D eigenvalue weighted by Gasteiger charge is 2.13. The Hall–Kier alpha value is -1.22. The van der Waals surface area contributed by atoms with E-state index in [2.05, 4.69) is 5.32 Å². The van der Waals surface area contributed by atoms with Crippen LogP contribution in [0.4, 0.5) is 4.39 Å². The quantitative estimate of drug-likeness (QED) is 0.744. The van der Waals surface area contributed by atoms with Gasteiger partial charge in [-0.05, 0) is 37.7 Å². The molecule has 0 unspecified atom stereocenters. The second kappa shape index (κ2) is 4.86. The van der Waals surface area contributed by atoms with Gasteiger partial charge in [-0.3, -0.25) is 4.79 Å². The second-order valence-corrected chi connectivity index (χ2v) is 3.15. The summed E-state index contributed by atoms with van der Waals surface area (Å²) in [5.74, 6) is -0.329. The molecule has 0 aliphatic rings. The van der Waals surface area contributed by atoms with Gasteiger partial charge in [-0.15, -0.1) is 0 Å². The number of halogens is 1. The van der Waals surface area contributed by atoms with Crippen molar-refractivity contribution in [2.75, 3.05) is 6.54 Å². The first-order valence-electron chi connectivity index (χ1n) is 4.68. The molecular weight excluding hydrogens is 181 g/mol. The van der Waals surface area contributed by atoms with Crippen LogP contribution in [0.5, 0.6) is 0 Å². The minimum absolute atomic E-state index is 0.00755. The van der Waals surface area contributed by atoms with E-state index in [-0.39, 0.29) is 17.6 Å². The number of rotatable bonds is 4. The fourth-order valence-electron chi connectivity index (χ4n) is 1.26. The van der Waals surface area contributed by atoms with Crippen molar-refractivity contribution in [1.29, 1.82) is 0 Å². The van der Waals surface area contributed by atoms with Crippen molar-refractivity contribution in [2.45, 2.75) is 19.9 Å². The van der Waals surface area contributed by atoms with Crippen LogP contribution in [-0.2, 0) is 0 Å². The number of carbonyl (C=O) groups excluding carboxylic acids is 1. The summed E-state index contributed by atoms with van der Waals surface area (Å²) in [6.45, 7) is 4.48. The minimum Gasteiger partial charge on any atom is -0.308 e. The van der Waals surface area contributed by atoms with E-state index in [9.17, 15) is 9.18 Å². The van der Waals surface area contributed by atoms with Crippen molar-refractivity contribution in [2.24, 2.45) is 0 Å². The van der Waals surface area contributed by atoms with Crippen molar-refractivity contribution in [3.63, 3.8) is 0 Å². The summed E-state index contributed by atoms with van der Waals surface area (Å²) in [6.07, 6.45) is 0. The summed E-state index contributed by atoms with van der Waals surface area (Å²) in [4.78, 5) is 11.7. The summed E-state index contributed by atoms with van der Waals surface area (Å²) in [6, 6.07) is 5.39. The third-order valence-corrected chi connectivity index (χ3v) is 2.03. The Labute approximate surface area is 83.1 Å². The number of hydrogen-bond acceptors (Lipinski definition) is 2. The van der Waals surface area contributed by atoms with Gasteiger partial charge in [-0.1, -0.05) is 6.92 Å². The Bertz CT molecular complexity index is 308. The van der Waals surface area contributed by atoms with E-state index in [0.717, 1.165) is 6.54 Å². The zero-order valence-electron chi connectivity index (χ0n) is 8.38. The lowest BCUT2D eigenvalue weighted by atomic mass is 10.1. The number of likely N-dealkylation sites (N-methyl/N-ethyl adjacent to an activating group) is 1. The molecule has 0 radical (unpaired) electrons. The van der Waals surface area contributed by atoms with E-state index in [1.165, 1.54) is 24.3 Å². The van der Waals surface area contributed by atoms with E-state index in [4.69, 9.17) is 0 Å². The van der Waals surface area contributed by atoms with Crippen molar-refractivity contribution in [1.82, 2.24) is 5.32 Å². The first kappa shape index (κ1) is 10.9. The summed E-state index contributed by atoms with van der Waals surface area (Å²) < 4.78 is 12.6. The molecule has 1 aromatic rings. The average Bonchev–Trinajstić information content (AvgIpc) is 2.18. The first-order valence-corrected chi connectivity index (χ1v) is 4.68. The van der Waals surface area contributed by atoms with Crippen LogP contribution in [0.2, 0.25) is 0 Å². The largest absolute Gasteiger partial charge is 0.308 e. The molecule has 0 aromatic heterocycles. The Morgan fingerprint density at radius 3 is 2.50 bits per heavy atom. The highest BCUT2D eigenvalue weighted by Crippen LogP contribution is 2.05. The van der Waals surface area contributed by atoms with Crippen LogP contribution in [-0.4, -0.2) is 18.4 Å². The summed E-state index contributed by atoms with van der Waals surface area (Å²) >= 11 is 0. The highest BCUT2D eigenvalue weighted by atomic mass is 19.1. The summed E-state index contributed by atoms with van der Waals surface area (Å²) in [5.41, 5.74) is 0.542. The molecule has 0 spiro atoms. The van der Waals surface area contributed by atoms with E-state index in [1.54, 1.807) is 6.92 Å². The van der Waals surface area contributed by atoms with Crippen molar-refractivity contribution in [3.05, 3.63) is 35.6 Å². The molecule has 0 saturated carbocycles. The molecule has 14 heavy (non-hydrogen) atoms. The lowest BCUT2D eigenvalue weighted by Crippen LogP contribution is -2.33. The van der Waals surface area contributed by atoms with Crippen LogP contribution in [0.15, 0.2) is 24.3 Å². The zero-order chi connectivity index (χ0) is 10.6. The van der Waals surface area contributed by atoms with Crippen molar-refractivity contribution in [3.8, 4) is 0 Å². The predicted molar refractivity (Wildman–Crippen MR) is 53.9 cm³/mol. The standard InChI is InChI=1S/C11H14FNO/c1-3-13-8(2)11(14)9-4-6-10(12)7-5-9/h4-8,13H,3H2,1-2H3/t8-/m0/s1. The normalized spacial score (nSPS) is 12.5. The molecule has 1 rings (SSSR count). The molecule has 0 bridgehead atoms. The van der Waals surface area contributed by atoms with Gasteiger partial charge in [0.05, 0.1) is 6.04 Å². The molecule has 0 saturated heterocycles. The van der Waals surface area contributed by atoms with Gasteiger partial charge >= 0.3 is 0 Å². The van der Waals surface area contributed by atoms with E-state index >= 15 is 0 Å². The van der Waals surface area contributed by atoms with Gasteiger partial charge < -0.3 is 5.32 Å². The molecule has 2 nitrogen and oxygen atoms in total. The number of ketones is 1. The van der Waals surface area contributed by atoms with Gasteiger partial charge in [-0.2, -0.15) is 0 Å². The summed E-state index contributed by atoms with van der Waals surface area (Å²) in [7, 11) is 0. The van der Waals surface area contributed by atoms with Crippen LogP contribution >= 0.6 is 0 Å². The highest BCUT2D eigenvalue weighted by molar-refractivity contribution is 5.99. The van der Waals surface area contributed by atoms with Gasteiger partial charge in [0, 0.05) is 5.56 Å². The van der Waals surface area contributed by atoms with Crippen LogP contribution in [0.1, 0.15) is 24.2 Å². The molecule has 0 aliphatic carbocycles. The smallest absolute Gasteiger partial charge is 0.179 e. The van der Waals surface area contributed by atoms with E-state index < -0.39 is 0 Å². The van der Waals surface area contributed by atoms with Gasteiger partial charge in [0.2, 0.25) is 0 Å². The minimum atomic E-state index is -0.322. The van der Waals surface area contributed by atoms with Gasteiger partial charge in [0.25, 0.3) is 0 Å². The molecule has 0 aliphatic heterocycles. The molecule has 1 N–H and O–H groups in total. The molecule has 0 heterocycles. The third kappa shape index (κ3) is 2.64. The summed E-state index contributed by atoms with van der Waals surface area (Å²) in [5, 5.41) is 3.02. The lowest BCUT2D eigenvalue weighted by molar-refractivity contribution is 0.0952. The van der Waals surface area contributed by atoms with E-state index in [0.29, 0.717) is 5.56 Å². The zero-order valence-corrected chi connectivity index (χ0v) is 8.38. The Morgan fingerprint density at radius 2 is 2.00 bits per heavy atom. The van der Waals surface area contributed by atoms with Crippen LogP contribution in [0.3, 0.4) is 0 Å². The Morgan fingerprint density at radius 1 is 1.43 bits per heavy atom. The number of benzene rings is 1. The maximum atomic E-state index is 12.6. The third-order valence-electron chi connectivity index (χ3n) is 2.03. The van der Waals surface area contributed by atoms with E-state index in [1.807, 2.05) is 6.92 Å². The molecule has 1 aromatic carbocycles. The monoisotopic (exact) mass is 195 g/mol. The molecule has 1 atom stereocenters. The SMILES string of the molecule is CCN[C@@H](C)C(=O)c1ccc(F)cc1. The fourth-order valence-corrected chi connectivity index (χ4v) is 1.26. The number of nitrogens with one attached hydrogen (secondary N) is 1. The number of Topliss-reactive ketones (excluding diaryl/α,β-unsaturated/α-hetero) is 1. The van der Waals surface area contributed by atoms with Crippen LogP contribution in [0, 0.1) is 5.82 Å². The maximum absolute atomic E-state index is 12.6. The number of carbonyl (C=O) groups is 1. The number of hydrogen-bond donors (Lipinski definition) is 1. The van der Waals surface area contributed by atoms with Crippen molar-refractivity contribution < 1.29 is 9.18 Å². The predicted octanol–water partition coefficient (Wildman–Crippen LogP) is 2.01. The average molecular weight is 195 g/mol. The molecular formula is C11H14FNO. The maximum Gasteiger partial charge on any atom is 0.179 e. The topological polar surface area (TPSA) is 29.1 Å². The van der Waals surface area contributed by atoms with Gasteiger partial charge in [0.1, 0.15) is 5.82 Å². The second-order valence-electron chi connectivity index (χ2n) is 3.15. The van der Waals surface area contributed by atoms with Crippen molar-refractivity contribution >= 4 is 5.78 Å². The molecule has 3 heteroatoms. The van der Waals surface area contributed by atoms with Gasteiger partial charge in [0.15, 0.2) is 5.78 Å². The first-order chi connectivity index (χ1) is 6.65.